The maximum absolute atomic E-state index is 13.0. The first-order chi connectivity index (χ1) is 9.72. The molecule has 0 fully saturated rings. The third kappa shape index (κ3) is 3.75. The van der Waals surface area contributed by atoms with Crippen LogP contribution < -0.4 is 4.74 Å². The van der Waals surface area contributed by atoms with Crippen LogP contribution in [0, 0.1) is 5.82 Å². The SMILES string of the molecule is OCCc1nc(COc2cccc(F)c2)nn1CCO. The van der Waals surface area contributed by atoms with Crippen LogP contribution in [0.1, 0.15) is 11.6 Å². The molecule has 1 heterocycles. The van der Waals surface area contributed by atoms with Gasteiger partial charge < -0.3 is 14.9 Å². The highest BCUT2D eigenvalue weighted by molar-refractivity contribution is 5.22. The van der Waals surface area contributed by atoms with Gasteiger partial charge in [-0.3, -0.25) is 0 Å². The highest BCUT2D eigenvalue weighted by Crippen LogP contribution is 2.13. The Morgan fingerprint density at radius 2 is 2.10 bits per heavy atom. The van der Waals surface area contributed by atoms with Crippen molar-refractivity contribution in [1.82, 2.24) is 14.8 Å². The molecular formula is C13H16FN3O3. The van der Waals surface area contributed by atoms with Crippen LogP contribution in [-0.2, 0) is 19.6 Å². The van der Waals surface area contributed by atoms with Crippen molar-refractivity contribution in [2.45, 2.75) is 19.6 Å². The Bertz CT molecular complexity index is 536. The van der Waals surface area contributed by atoms with Crippen molar-refractivity contribution in [3.63, 3.8) is 0 Å². The molecule has 108 valence electrons. The lowest BCUT2D eigenvalue weighted by Gasteiger charge is -2.02. The summed E-state index contributed by atoms with van der Waals surface area (Å²) in [6, 6.07) is 5.81. The minimum atomic E-state index is -0.373. The van der Waals surface area contributed by atoms with Crippen LogP contribution in [0.4, 0.5) is 4.39 Å². The van der Waals surface area contributed by atoms with E-state index in [-0.39, 0.29) is 25.6 Å². The van der Waals surface area contributed by atoms with Crippen molar-refractivity contribution in [3.8, 4) is 5.75 Å². The molecule has 0 radical (unpaired) electrons. The summed E-state index contributed by atoms with van der Waals surface area (Å²) >= 11 is 0. The second-order valence-electron chi connectivity index (χ2n) is 4.11. The predicted octanol–water partition coefficient (Wildman–Crippen LogP) is 0.523. The van der Waals surface area contributed by atoms with Crippen molar-refractivity contribution in [2.24, 2.45) is 0 Å². The van der Waals surface area contributed by atoms with Gasteiger partial charge >= 0.3 is 0 Å². The summed E-state index contributed by atoms with van der Waals surface area (Å²) in [5.74, 6) is 1.03. The second-order valence-corrected chi connectivity index (χ2v) is 4.11. The van der Waals surface area contributed by atoms with Crippen molar-refractivity contribution in [1.29, 1.82) is 0 Å². The fourth-order valence-electron chi connectivity index (χ4n) is 1.75. The number of halogens is 1. The zero-order chi connectivity index (χ0) is 14.4. The maximum atomic E-state index is 13.0. The smallest absolute Gasteiger partial charge is 0.188 e. The summed E-state index contributed by atoms with van der Waals surface area (Å²) in [4.78, 5) is 4.22. The number of aliphatic hydroxyl groups excluding tert-OH is 2. The number of hydrogen-bond donors (Lipinski definition) is 2. The van der Waals surface area contributed by atoms with Crippen LogP contribution in [0.2, 0.25) is 0 Å². The molecule has 2 rings (SSSR count). The average Bonchev–Trinajstić information content (AvgIpc) is 2.80. The monoisotopic (exact) mass is 281 g/mol. The van der Waals surface area contributed by atoms with Crippen LogP contribution in [0.3, 0.4) is 0 Å². The van der Waals surface area contributed by atoms with Gasteiger partial charge in [0.25, 0.3) is 0 Å². The minimum absolute atomic E-state index is 0.0473. The lowest BCUT2D eigenvalue weighted by molar-refractivity contribution is 0.259. The molecule has 0 aliphatic rings. The van der Waals surface area contributed by atoms with Gasteiger partial charge in [-0.05, 0) is 12.1 Å². The molecule has 1 aromatic heterocycles. The summed E-state index contributed by atoms with van der Waals surface area (Å²) in [7, 11) is 0. The van der Waals surface area contributed by atoms with Crippen molar-refractivity contribution in [3.05, 3.63) is 41.7 Å². The topological polar surface area (TPSA) is 80.4 Å². The summed E-state index contributed by atoms with van der Waals surface area (Å²) < 4.78 is 19.9. The van der Waals surface area contributed by atoms with E-state index in [0.29, 0.717) is 30.4 Å². The van der Waals surface area contributed by atoms with E-state index in [9.17, 15) is 4.39 Å². The van der Waals surface area contributed by atoms with E-state index in [2.05, 4.69) is 10.1 Å². The number of hydrogen-bond acceptors (Lipinski definition) is 5. The largest absolute Gasteiger partial charge is 0.485 e. The Kier molecular flexibility index (Phi) is 5.03. The van der Waals surface area contributed by atoms with E-state index < -0.39 is 0 Å². The third-order valence-electron chi connectivity index (χ3n) is 2.60. The summed E-state index contributed by atoms with van der Waals surface area (Å²) in [5.41, 5.74) is 0. The minimum Gasteiger partial charge on any atom is -0.485 e. The van der Waals surface area contributed by atoms with Crippen LogP contribution in [-0.4, -0.2) is 38.2 Å². The lowest BCUT2D eigenvalue weighted by atomic mass is 10.3. The lowest BCUT2D eigenvalue weighted by Crippen LogP contribution is -2.10. The zero-order valence-corrected chi connectivity index (χ0v) is 10.9. The molecule has 0 amide bonds. The van der Waals surface area contributed by atoms with E-state index in [1.165, 1.54) is 16.8 Å². The van der Waals surface area contributed by atoms with Crippen molar-refractivity contribution >= 4 is 0 Å². The third-order valence-corrected chi connectivity index (χ3v) is 2.60. The van der Waals surface area contributed by atoms with Crippen LogP contribution in [0.25, 0.3) is 0 Å². The van der Waals surface area contributed by atoms with Crippen LogP contribution in [0.5, 0.6) is 5.75 Å². The molecule has 20 heavy (non-hydrogen) atoms. The zero-order valence-electron chi connectivity index (χ0n) is 10.9. The Balaban J connectivity index is 2.03. The highest BCUT2D eigenvalue weighted by atomic mass is 19.1. The van der Waals surface area contributed by atoms with Crippen LogP contribution >= 0.6 is 0 Å². The number of nitrogens with zero attached hydrogens (tertiary/aromatic N) is 3. The molecule has 0 aliphatic heterocycles. The average molecular weight is 281 g/mol. The summed E-state index contributed by atoms with van der Waals surface area (Å²) in [6.45, 7) is 0.295. The van der Waals surface area contributed by atoms with E-state index in [1.807, 2.05) is 0 Å². The molecule has 2 aromatic rings. The van der Waals surface area contributed by atoms with Crippen molar-refractivity contribution < 1.29 is 19.3 Å². The summed E-state index contributed by atoms with van der Waals surface area (Å²) in [6.07, 6.45) is 0.354. The number of ether oxygens (including phenoxy) is 1. The Hall–Kier alpha value is -1.99. The van der Waals surface area contributed by atoms with E-state index >= 15 is 0 Å². The fraction of sp³-hybridized carbons (Fsp3) is 0.385. The molecule has 0 unspecified atom stereocenters. The van der Waals surface area contributed by atoms with Crippen LogP contribution in [0.15, 0.2) is 24.3 Å². The molecule has 0 atom stereocenters. The Morgan fingerprint density at radius 1 is 1.25 bits per heavy atom. The number of aromatic nitrogens is 3. The van der Waals surface area contributed by atoms with Crippen molar-refractivity contribution in [2.75, 3.05) is 13.2 Å². The highest BCUT2D eigenvalue weighted by Gasteiger charge is 2.10. The Labute approximate surface area is 115 Å². The van der Waals surface area contributed by atoms with Gasteiger partial charge in [-0.25, -0.2) is 14.1 Å². The molecule has 7 heteroatoms. The number of rotatable bonds is 7. The van der Waals surface area contributed by atoms with Gasteiger partial charge in [-0.15, -0.1) is 0 Å². The first kappa shape index (κ1) is 14.4. The number of benzene rings is 1. The molecule has 0 saturated carbocycles. The van der Waals surface area contributed by atoms with Gasteiger partial charge in [0.1, 0.15) is 24.0 Å². The van der Waals surface area contributed by atoms with Gasteiger partial charge in [0, 0.05) is 12.5 Å². The second kappa shape index (κ2) is 6.97. The summed E-state index contributed by atoms with van der Waals surface area (Å²) in [5, 5.41) is 22.1. The molecule has 0 aliphatic carbocycles. The van der Waals surface area contributed by atoms with Gasteiger partial charge in [-0.1, -0.05) is 6.07 Å². The Morgan fingerprint density at radius 3 is 2.80 bits per heavy atom. The first-order valence-corrected chi connectivity index (χ1v) is 6.25. The molecule has 0 spiro atoms. The molecular weight excluding hydrogens is 265 g/mol. The maximum Gasteiger partial charge on any atom is 0.188 e. The van der Waals surface area contributed by atoms with E-state index in [0.717, 1.165) is 0 Å². The molecule has 2 N–H and O–H groups in total. The molecule has 0 saturated heterocycles. The predicted molar refractivity (Wildman–Crippen MR) is 68.6 cm³/mol. The van der Waals surface area contributed by atoms with E-state index in [4.69, 9.17) is 14.9 Å². The molecule has 6 nitrogen and oxygen atoms in total. The van der Waals surface area contributed by atoms with Gasteiger partial charge in [-0.2, -0.15) is 5.10 Å². The quantitative estimate of drug-likeness (QED) is 0.773. The first-order valence-electron chi connectivity index (χ1n) is 6.25. The fourth-order valence-corrected chi connectivity index (χ4v) is 1.75. The molecule has 0 bridgehead atoms. The van der Waals surface area contributed by atoms with Gasteiger partial charge in [0.15, 0.2) is 5.82 Å². The van der Waals surface area contributed by atoms with E-state index in [1.54, 1.807) is 12.1 Å². The normalized spacial score (nSPS) is 10.8. The number of aliphatic hydroxyl groups is 2. The molecule has 1 aromatic carbocycles. The van der Waals surface area contributed by atoms with Gasteiger partial charge in [0.05, 0.1) is 19.8 Å². The van der Waals surface area contributed by atoms with Gasteiger partial charge in [0.2, 0.25) is 0 Å². The standard InChI is InChI=1S/C13H16FN3O3/c14-10-2-1-3-11(8-10)20-9-12-15-13(4-6-18)17(16-12)5-7-19/h1-3,8,18-19H,4-7,9H2.